The molecule has 3 nitrogen and oxygen atoms in total. The topological polar surface area (TPSA) is 42.2 Å². The van der Waals surface area contributed by atoms with E-state index in [-0.39, 0.29) is 17.9 Å². The fraction of sp³-hybridized carbons (Fsp3) is 0.545. The Bertz CT molecular complexity index is 343. The van der Waals surface area contributed by atoms with Crippen molar-refractivity contribution in [2.45, 2.75) is 38.6 Å². The van der Waals surface area contributed by atoms with Gasteiger partial charge in [-0.1, -0.05) is 6.92 Å². The number of hydrogen-bond donors (Lipinski definition) is 1. The lowest BCUT2D eigenvalue weighted by Crippen LogP contribution is -2.24. The Labute approximate surface area is 83.5 Å². The second kappa shape index (κ2) is 3.48. The summed E-state index contributed by atoms with van der Waals surface area (Å²) in [5.74, 6) is 2.26. The summed E-state index contributed by atoms with van der Waals surface area (Å²) in [6.07, 6.45) is 1.46. The molecule has 0 saturated carbocycles. The molecule has 1 aromatic rings. The number of hydrogen-bond acceptors (Lipinski definition) is 2. The Kier molecular flexibility index (Phi) is 2.32. The highest BCUT2D eigenvalue weighted by Crippen LogP contribution is 2.29. The first-order valence-corrected chi connectivity index (χ1v) is 5.08. The molecule has 76 valence electrons. The van der Waals surface area contributed by atoms with Crippen LogP contribution >= 0.6 is 0 Å². The predicted octanol–water partition coefficient (Wildman–Crippen LogP) is 1.83. The number of rotatable bonds is 2. The highest BCUT2D eigenvalue weighted by atomic mass is 16.3. The second-order valence-electron chi connectivity index (χ2n) is 3.82. The second-order valence-corrected chi connectivity index (χ2v) is 3.82. The lowest BCUT2D eigenvalue weighted by molar-refractivity contribution is -0.119. The molecule has 0 aromatic carbocycles. The van der Waals surface area contributed by atoms with Crippen molar-refractivity contribution in [2.75, 3.05) is 0 Å². The van der Waals surface area contributed by atoms with Gasteiger partial charge < -0.3 is 9.73 Å². The van der Waals surface area contributed by atoms with E-state index in [4.69, 9.17) is 4.42 Å². The van der Waals surface area contributed by atoms with Crippen LogP contribution in [0.2, 0.25) is 0 Å². The molecular formula is C11H15NO2. The molecule has 1 aromatic heterocycles. The van der Waals surface area contributed by atoms with Crippen LogP contribution in [0.4, 0.5) is 0 Å². The van der Waals surface area contributed by atoms with E-state index in [0.717, 1.165) is 17.9 Å². The summed E-state index contributed by atoms with van der Waals surface area (Å²) in [5, 5.41) is 2.89. The number of carbonyl (C=O) groups excluding carboxylic acids is 1. The number of carbonyl (C=O) groups is 1. The van der Waals surface area contributed by atoms with Crippen molar-refractivity contribution in [1.82, 2.24) is 5.32 Å². The fourth-order valence-electron chi connectivity index (χ4n) is 1.92. The molecule has 1 aliphatic heterocycles. The Morgan fingerprint density at radius 2 is 2.36 bits per heavy atom. The van der Waals surface area contributed by atoms with Crippen LogP contribution in [0.25, 0.3) is 0 Å². The molecule has 0 aliphatic carbocycles. The van der Waals surface area contributed by atoms with Crippen molar-refractivity contribution >= 4 is 5.91 Å². The molecule has 0 spiro atoms. The Balaban J connectivity index is 2.18. The minimum atomic E-state index is 0.122. The van der Waals surface area contributed by atoms with Gasteiger partial charge in [-0.05, 0) is 19.1 Å². The van der Waals surface area contributed by atoms with E-state index in [1.807, 2.05) is 19.1 Å². The standard InChI is InChI=1S/C11H15NO2/c1-3-8-4-5-10(14-8)9-6-11(13)12-7(9)2/h4-5,7,9H,3,6H2,1-2H3,(H,12,13). The minimum absolute atomic E-state index is 0.122. The number of nitrogens with one attached hydrogen (secondary N) is 1. The van der Waals surface area contributed by atoms with Gasteiger partial charge in [0.2, 0.25) is 5.91 Å². The predicted molar refractivity (Wildman–Crippen MR) is 53.0 cm³/mol. The van der Waals surface area contributed by atoms with Crippen LogP contribution in [-0.2, 0) is 11.2 Å². The normalized spacial score (nSPS) is 26.6. The van der Waals surface area contributed by atoms with Gasteiger partial charge >= 0.3 is 0 Å². The van der Waals surface area contributed by atoms with Crippen molar-refractivity contribution in [3.63, 3.8) is 0 Å². The summed E-state index contributed by atoms with van der Waals surface area (Å²) < 4.78 is 5.64. The fourth-order valence-corrected chi connectivity index (χ4v) is 1.92. The maximum atomic E-state index is 11.2. The van der Waals surface area contributed by atoms with Crippen LogP contribution in [0, 0.1) is 0 Å². The van der Waals surface area contributed by atoms with Gasteiger partial charge in [-0.2, -0.15) is 0 Å². The third kappa shape index (κ3) is 1.54. The maximum absolute atomic E-state index is 11.2. The van der Waals surface area contributed by atoms with E-state index in [1.165, 1.54) is 0 Å². The van der Waals surface area contributed by atoms with Crippen molar-refractivity contribution in [1.29, 1.82) is 0 Å². The summed E-state index contributed by atoms with van der Waals surface area (Å²) in [4.78, 5) is 11.2. The zero-order chi connectivity index (χ0) is 10.1. The molecule has 0 radical (unpaired) electrons. The van der Waals surface area contributed by atoms with Crippen molar-refractivity contribution in [2.24, 2.45) is 0 Å². The zero-order valence-corrected chi connectivity index (χ0v) is 8.54. The smallest absolute Gasteiger partial charge is 0.221 e. The van der Waals surface area contributed by atoms with Gasteiger partial charge in [0.05, 0.1) is 0 Å². The lowest BCUT2D eigenvalue weighted by atomic mass is 9.99. The monoisotopic (exact) mass is 193 g/mol. The van der Waals surface area contributed by atoms with E-state index < -0.39 is 0 Å². The number of furan rings is 1. The van der Waals surface area contributed by atoms with Crippen LogP contribution < -0.4 is 5.32 Å². The van der Waals surface area contributed by atoms with Crippen molar-refractivity contribution < 1.29 is 9.21 Å². The van der Waals surface area contributed by atoms with Crippen LogP contribution in [0.3, 0.4) is 0 Å². The Morgan fingerprint density at radius 1 is 1.57 bits per heavy atom. The lowest BCUT2D eigenvalue weighted by Gasteiger charge is -2.10. The first-order valence-electron chi connectivity index (χ1n) is 5.08. The van der Waals surface area contributed by atoms with Gasteiger partial charge in [0, 0.05) is 24.8 Å². The quantitative estimate of drug-likeness (QED) is 0.778. The van der Waals surface area contributed by atoms with Crippen LogP contribution in [0.15, 0.2) is 16.5 Å². The average molecular weight is 193 g/mol. The maximum Gasteiger partial charge on any atom is 0.221 e. The largest absolute Gasteiger partial charge is 0.466 e. The van der Waals surface area contributed by atoms with Gasteiger partial charge in [-0.3, -0.25) is 4.79 Å². The molecule has 0 bridgehead atoms. The first-order chi connectivity index (χ1) is 6.70. The number of aryl methyl sites for hydroxylation is 1. The molecule has 1 amide bonds. The highest BCUT2D eigenvalue weighted by Gasteiger charge is 2.32. The molecule has 1 saturated heterocycles. The summed E-state index contributed by atoms with van der Waals surface area (Å²) in [6.45, 7) is 4.08. The SMILES string of the molecule is CCc1ccc(C2CC(=O)NC2C)o1. The molecule has 2 heterocycles. The van der Waals surface area contributed by atoms with Crippen LogP contribution in [-0.4, -0.2) is 11.9 Å². The number of amides is 1. The van der Waals surface area contributed by atoms with E-state index in [2.05, 4.69) is 12.2 Å². The van der Waals surface area contributed by atoms with Gasteiger partial charge in [0.1, 0.15) is 11.5 Å². The Morgan fingerprint density at radius 3 is 2.86 bits per heavy atom. The van der Waals surface area contributed by atoms with Crippen molar-refractivity contribution in [3.8, 4) is 0 Å². The average Bonchev–Trinajstić information content (AvgIpc) is 2.71. The molecule has 2 atom stereocenters. The van der Waals surface area contributed by atoms with Crippen molar-refractivity contribution in [3.05, 3.63) is 23.7 Å². The van der Waals surface area contributed by atoms with Gasteiger partial charge in [0.25, 0.3) is 0 Å². The zero-order valence-electron chi connectivity index (χ0n) is 8.54. The molecule has 2 unspecified atom stereocenters. The van der Waals surface area contributed by atoms with E-state index in [1.54, 1.807) is 0 Å². The molecule has 1 aliphatic rings. The van der Waals surface area contributed by atoms with E-state index in [0.29, 0.717) is 6.42 Å². The minimum Gasteiger partial charge on any atom is -0.466 e. The summed E-state index contributed by atoms with van der Waals surface area (Å²) in [7, 11) is 0. The molecule has 1 N–H and O–H groups in total. The van der Waals surface area contributed by atoms with Gasteiger partial charge in [0.15, 0.2) is 0 Å². The van der Waals surface area contributed by atoms with E-state index in [9.17, 15) is 4.79 Å². The molecule has 3 heteroatoms. The molecule has 14 heavy (non-hydrogen) atoms. The third-order valence-corrected chi connectivity index (χ3v) is 2.79. The first kappa shape index (κ1) is 9.31. The molecular weight excluding hydrogens is 178 g/mol. The highest BCUT2D eigenvalue weighted by molar-refractivity contribution is 5.80. The molecule has 1 fully saturated rings. The van der Waals surface area contributed by atoms with Crippen LogP contribution in [0.1, 0.15) is 37.7 Å². The third-order valence-electron chi connectivity index (χ3n) is 2.79. The van der Waals surface area contributed by atoms with Gasteiger partial charge in [-0.25, -0.2) is 0 Å². The molecule has 2 rings (SSSR count). The van der Waals surface area contributed by atoms with Crippen LogP contribution in [0.5, 0.6) is 0 Å². The van der Waals surface area contributed by atoms with E-state index >= 15 is 0 Å². The van der Waals surface area contributed by atoms with Gasteiger partial charge in [-0.15, -0.1) is 0 Å². The summed E-state index contributed by atoms with van der Waals surface area (Å²) in [5.41, 5.74) is 0. The summed E-state index contributed by atoms with van der Waals surface area (Å²) >= 11 is 0. The summed E-state index contributed by atoms with van der Waals surface area (Å²) in [6, 6.07) is 4.17. The Hall–Kier alpha value is -1.25.